The first kappa shape index (κ1) is 16.4. The molecule has 7 heteroatoms. The Balaban J connectivity index is 1.82. The molecular formula is C17H13F2NO3S. The molecule has 0 radical (unpaired) electrons. The van der Waals surface area contributed by atoms with Gasteiger partial charge >= 0.3 is 0 Å². The maximum Gasteiger partial charge on any atom is 0.251 e. The van der Waals surface area contributed by atoms with Crippen molar-refractivity contribution in [2.24, 2.45) is 0 Å². The molecule has 2 aromatic heterocycles. The number of hydrogen-bond donors (Lipinski definition) is 2. The van der Waals surface area contributed by atoms with Crippen LogP contribution in [0.4, 0.5) is 8.78 Å². The van der Waals surface area contributed by atoms with E-state index in [9.17, 15) is 18.7 Å². The number of carbonyl (C=O) groups excluding carboxylic acids is 1. The van der Waals surface area contributed by atoms with Crippen molar-refractivity contribution in [3.8, 4) is 0 Å². The van der Waals surface area contributed by atoms with E-state index in [2.05, 4.69) is 5.32 Å². The summed E-state index contributed by atoms with van der Waals surface area (Å²) < 4.78 is 31.2. The molecule has 2 N–H and O–H groups in total. The zero-order valence-corrected chi connectivity index (χ0v) is 13.1. The molecule has 0 spiro atoms. The average Bonchev–Trinajstić information content (AvgIpc) is 3.28. The minimum Gasteiger partial charge on any atom is -0.472 e. The number of aliphatic hydroxyl groups is 1. The molecule has 0 aliphatic rings. The maximum absolute atomic E-state index is 13.2. The summed E-state index contributed by atoms with van der Waals surface area (Å²) in [6, 6.07) is 7.99. The van der Waals surface area contributed by atoms with E-state index in [4.69, 9.17) is 4.42 Å². The molecule has 3 rings (SSSR count). The molecule has 1 atom stereocenters. The number of thiophene rings is 1. The van der Waals surface area contributed by atoms with Crippen LogP contribution >= 0.6 is 11.3 Å². The van der Waals surface area contributed by atoms with Crippen LogP contribution in [0.5, 0.6) is 0 Å². The second-order valence-corrected chi connectivity index (χ2v) is 6.11. The second kappa shape index (κ2) is 6.54. The zero-order chi connectivity index (χ0) is 17.2. The first-order chi connectivity index (χ1) is 11.5. The topological polar surface area (TPSA) is 62.5 Å². The Bertz CT molecular complexity index is 797. The Kier molecular flexibility index (Phi) is 4.46. The van der Waals surface area contributed by atoms with E-state index in [1.54, 1.807) is 23.6 Å². The Morgan fingerprint density at radius 2 is 2.08 bits per heavy atom. The highest BCUT2D eigenvalue weighted by Gasteiger charge is 2.34. The highest BCUT2D eigenvalue weighted by Crippen LogP contribution is 2.32. The molecule has 124 valence electrons. The minimum atomic E-state index is -1.48. The molecule has 0 bridgehead atoms. The van der Waals surface area contributed by atoms with Crippen LogP contribution in [0.25, 0.3) is 0 Å². The van der Waals surface area contributed by atoms with Gasteiger partial charge in [0.1, 0.15) is 5.60 Å². The van der Waals surface area contributed by atoms with Crippen LogP contribution in [0.3, 0.4) is 0 Å². The third-order valence-electron chi connectivity index (χ3n) is 3.61. The molecular weight excluding hydrogens is 336 g/mol. The Morgan fingerprint density at radius 3 is 2.71 bits per heavy atom. The van der Waals surface area contributed by atoms with Crippen molar-refractivity contribution in [1.82, 2.24) is 5.32 Å². The summed E-state index contributed by atoms with van der Waals surface area (Å²) in [6.07, 6.45) is 2.81. The number of amides is 1. The molecule has 3 aromatic rings. The van der Waals surface area contributed by atoms with Crippen LogP contribution < -0.4 is 5.32 Å². The van der Waals surface area contributed by atoms with Gasteiger partial charge in [-0.25, -0.2) is 8.78 Å². The molecule has 0 aliphatic carbocycles. The fourth-order valence-corrected chi connectivity index (χ4v) is 3.14. The van der Waals surface area contributed by atoms with Gasteiger partial charge < -0.3 is 14.8 Å². The van der Waals surface area contributed by atoms with Crippen molar-refractivity contribution in [3.63, 3.8) is 0 Å². The summed E-state index contributed by atoms with van der Waals surface area (Å²) in [6.45, 7) is -0.148. The van der Waals surface area contributed by atoms with Crippen LogP contribution in [0.15, 0.2) is 58.7 Å². The van der Waals surface area contributed by atoms with Gasteiger partial charge in [0.2, 0.25) is 0 Å². The number of carbonyl (C=O) groups is 1. The van der Waals surface area contributed by atoms with E-state index >= 15 is 0 Å². The van der Waals surface area contributed by atoms with Gasteiger partial charge in [0, 0.05) is 16.0 Å². The summed E-state index contributed by atoms with van der Waals surface area (Å²) >= 11 is 1.33. The standard InChI is InChI=1S/C17H13F2NO3S/c18-13-4-3-11(8-14(13)19)16(21)20-10-17(22,12-5-6-23-9-12)15-2-1-7-24-15/h1-9,22H,10H2,(H,20,21)/t17-/m1/s1. The van der Waals surface area contributed by atoms with Crippen molar-refractivity contribution in [1.29, 1.82) is 0 Å². The van der Waals surface area contributed by atoms with Crippen LogP contribution in [-0.4, -0.2) is 17.6 Å². The molecule has 1 amide bonds. The van der Waals surface area contributed by atoms with Crippen LogP contribution in [0.2, 0.25) is 0 Å². The molecule has 24 heavy (non-hydrogen) atoms. The fourth-order valence-electron chi connectivity index (χ4n) is 2.29. The Morgan fingerprint density at radius 1 is 1.25 bits per heavy atom. The van der Waals surface area contributed by atoms with Crippen molar-refractivity contribution in [3.05, 3.63) is 81.9 Å². The number of furan rings is 1. The van der Waals surface area contributed by atoms with E-state index in [-0.39, 0.29) is 12.1 Å². The van der Waals surface area contributed by atoms with Gasteiger partial charge in [-0.05, 0) is 35.7 Å². The fraction of sp³-hybridized carbons (Fsp3) is 0.118. The van der Waals surface area contributed by atoms with Crippen molar-refractivity contribution >= 4 is 17.2 Å². The third-order valence-corrected chi connectivity index (χ3v) is 4.64. The summed E-state index contributed by atoms with van der Waals surface area (Å²) in [5.74, 6) is -2.75. The lowest BCUT2D eigenvalue weighted by atomic mass is 9.94. The molecule has 0 unspecified atom stereocenters. The van der Waals surface area contributed by atoms with Gasteiger partial charge in [-0.15, -0.1) is 11.3 Å². The molecule has 4 nitrogen and oxygen atoms in total. The molecule has 0 saturated carbocycles. The Hall–Kier alpha value is -2.51. The highest BCUT2D eigenvalue weighted by atomic mass is 32.1. The molecule has 0 fully saturated rings. The van der Waals surface area contributed by atoms with Crippen molar-refractivity contribution in [2.75, 3.05) is 6.54 Å². The monoisotopic (exact) mass is 349 g/mol. The lowest BCUT2D eigenvalue weighted by Gasteiger charge is -2.26. The van der Waals surface area contributed by atoms with Crippen molar-refractivity contribution < 1.29 is 23.1 Å². The smallest absolute Gasteiger partial charge is 0.251 e. The molecule has 2 heterocycles. The predicted octanol–water partition coefficient (Wildman–Crippen LogP) is 3.29. The van der Waals surface area contributed by atoms with E-state index in [0.29, 0.717) is 10.4 Å². The van der Waals surface area contributed by atoms with E-state index in [1.165, 1.54) is 29.9 Å². The highest BCUT2D eigenvalue weighted by molar-refractivity contribution is 7.10. The van der Waals surface area contributed by atoms with Crippen LogP contribution in [0.1, 0.15) is 20.8 Å². The maximum atomic E-state index is 13.2. The molecule has 1 aromatic carbocycles. The summed E-state index contributed by atoms with van der Waals surface area (Å²) in [5, 5.41) is 15.4. The van der Waals surface area contributed by atoms with Gasteiger partial charge in [-0.3, -0.25) is 4.79 Å². The van der Waals surface area contributed by atoms with Crippen molar-refractivity contribution in [2.45, 2.75) is 5.60 Å². The van der Waals surface area contributed by atoms with Crippen LogP contribution in [0, 0.1) is 11.6 Å². The zero-order valence-electron chi connectivity index (χ0n) is 12.3. The van der Waals surface area contributed by atoms with E-state index < -0.39 is 23.1 Å². The summed E-state index contributed by atoms with van der Waals surface area (Å²) in [4.78, 5) is 12.8. The SMILES string of the molecule is O=C(NC[C@@](O)(c1ccoc1)c1cccs1)c1ccc(F)c(F)c1. The number of hydrogen-bond acceptors (Lipinski definition) is 4. The minimum absolute atomic E-state index is 0.0328. The number of halogens is 2. The molecule has 0 aliphatic heterocycles. The van der Waals surface area contributed by atoms with Gasteiger partial charge in [0.15, 0.2) is 11.6 Å². The first-order valence-electron chi connectivity index (χ1n) is 7.03. The largest absolute Gasteiger partial charge is 0.472 e. The summed E-state index contributed by atoms with van der Waals surface area (Å²) in [7, 11) is 0. The number of rotatable bonds is 5. The average molecular weight is 349 g/mol. The predicted molar refractivity (Wildman–Crippen MR) is 84.7 cm³/mol. The number of benzene rings is 1. The quantitative estimate of drug-likeness (QED) is 0.743. The van der Waals surface area contributed by atoms with Crippen LogP contribution in [-0.2, 0) is 5.60 Å². The van der Waals surface area contributed by atoms with Gasteiger partial charge in [-0.2, -0.15) is 0 Å². The lowest BCUT2D eigenvalue weighted by molar-refractivity contribution is 0.0714. The Labute approximate surface area is 140 Å². The second-order valence-electron chi connectivity index (χ2n) is 5.16. The third kappa shape index (κ3) is 3.08. The molecule has 0 saturated heterocycles. The first-order valence-corrected chi connectivity index (χ1v) is 7.91. The normalized spacial score (nSPS) is 13.5. The van der Waals surface area contributed by atoms with Gasteiger partial charge in [0.25, 0.3) is 5.91 Å². The van der Waals surface area contributed by atoms with E-state index in [0.717, 1.165) is 12.1 Å². The lowest BCUT2D eigenvalue weighted by Crippen LogP contribution is -2.41. The van der Waals surface area contributed by atoms with Gasteiger partial charge in [0.05, 0.1) is 19.1 Å². The number of nitrogens with one attached hydrogen (secondary N) is 1. The van der Waals surface area contributed by atoms with Gasteiger partial charge in [-0.1, -0.05) is 6.07 Å². The van der Waals surface area contributed by atoms with E-state index in [1.807, 2.05) is 0 Å². The summed E-state index contributed by atoms with van der Waals surface area (Å²) in [5.41, 5.74) is -1.03.